The van der Waals surface area contributed by atoms with Crippen LogP contribution in [0.15, 0.2) is 65.8 Å². The number of hydrogen-bond donors (Lipinski definition) is 8. The van der Waals surface area contributed by atoms with Gasteiger partial charge in [-0.1, -0.05) is 89.1 Å². The number of nitrogens with zero attached hydrogens (tertiary/aromatic N) is 4. The van der Waals surface area contributed by atoms with Crippen molar-refractivity contribution in [1.82, 2.24) is 41.0 Å². The maximum Gasteiger partial charge on any atom is 0.408 e. The van der Waals surface area contributed by atoms with E-state index in [1.165, 1.54) is 14.7 Å². The molecule has 3 fully saturated rings. The van der Waals surface area contributed by atoms with Crippen molar-refractivity contribution < 1.29 is 52.6 Å². The first-order valence-electron chi connectivity index (χ1n) is 28.8. The van der Waals surface area contributed by atoms with E-state index in [1.54, 1.807) is 20.0 Å². The third-order valence-electron chi connectivity index (χ3n) is 15.6. The van der Waals surface area contributed by atoms with Crippen molar-refractivity contribution in [3.63, 3.8) is 0 Å². The van der Waals surface area contributed by atoms with Crippen LogP contribution in [0.4, 0.5) is 4.79 Å². The normalized spacial score (nSPS) is 19.2. The summed E-state index contributed by atoms with van der Waals surface area (Å²) in [5.74, 6) is -5.00. The average Bonchev–Trinajstić information content (AvgIpc) is 4.48. The van der Waals surface area contributed by atoms with E-state index in [-0.39, 0.29) is 83.2 Å². The topological polar surface area (TPSA) is 336 Å². The number of likely N-dealkylation sites (tertiary alicyclic amines) is 3. The second kappa shape index (κ2) is 30.9. The molecule has 1 aromatic heterocycles. The number of guanidine groups is 1. The first-order valence-corrected chi connectivity index (χ1v) is 28.8. The van der Waals surface area contributed by atoms with Crippen LogP contribution >= 0.6 is 0 Å². The Morgan fingerprint density at radius 2 is 1.37 bits per heavy atom. The van der Waals surface area contributed by atoms with Crippen molar-refractivity contribution in [2.75, 3.05) is 32.8 Å². The molecule has 3 aliphatic rings. The number of nitrogens with two attached hydrogens (primary N) is 3. The molecule has 9 unspecified atom stereocenters. The van der Waals surface area contributed by atoms with Crippen LogP contribution in [0.1, 0.15) is 129 Å². The second-order valence-electron chi connectivity index (χ2n) is 21.4. The van der Waals surface area contributed by atoms with Gasteiger partial charge < -0.3 is 62.3 Å². The maximum atomic E-state index is 14.9. The molecule has 4 heterocycles. The number of nitrogens with one attached hydrogen (secondary N) is 5. The molecular formula is C58H84N12O11. The number of aromatic amines is 1. The second-order valence-corrected chi connectivity index (χ2v) is 21.4. The molecule has 23 nitrogen and oxygen atoms in total. The number of aromatic nitrogens is 1. The summed E-state index contributed by atoms with van der Waals surface area (Å²) in [5.41, 5.74) is 19.2. The zero-order valence-electron chi connectivity index (χ0n) is 47.3. The quantitative estimate of drug-likeness (QED) is 0.0206. The highest BCUT2D eigenvalue weighted by molar-refractivity contribution is 5.98. The molecule has 7 amide bonds. The van der Waals surface area contributed by atoms with Gasteiger partial charge in [-0.15, -0.1) is 0 Å². The van der Waals surface area contributed by atoms with Crippen LogP contribution in [-0.4, -0.2) is 160 Å². The Kier molecular flexibility index (Phi) is 23.9. The molecule has 0 bridgehead atoms. The fraction of sp³-hybridized carbons (Fsp3) is 0.586. The highest BCUT2D eigenvalue weighted by Gasteiger charge is 2.46. The minimum atomic E-state index is -1.38. The summed E-state index contributed by atoms with van der Waals surface area (Å²) in [6.07, 6.45) is 5.73. The number of hydrogen-bond acceptors (Lipinski definition) is 13. The molecule has 81 heavy (non-hydrogen) atoms. The van der Waals surface area contributed by atoms with E-state index in [0.29, 0.717) is 57.9 Å². The lowest BCUT2D eigenvalue weighted by molar-refractivity contribution is -0.156. The summed E-state index contributed by atoms with van der Waals surface area (Å²) in [6, 6.07) is 8.29. The number of fused-ring (bicyclic) bond motifs is 1. The van der Waals surface area contributed by atoms with E-state index in [4.69, 9.17) is 26.7 Å². The monoisotopic (exact) mass is 1120 g/mol. The van der Waals surface area contributed by atoms with E-state index in [2.05, 4.69) is 31.2 Å². The number of primary amides is 1. The van der Waals surface area contributed by atoms with E-state index in [1.807, 2.05) is 68.4 Å². The van der Waals surface area contributed by atoms with Gasteiger partial charge in [0.2, 0.25) is 35.4 Å². The molecule has 0 saturated carbocycles. The summed E-state index contributed by atoms with van der Waals surface area (Å²) < 4.78 is 11.0. The lowest BCUT2D eigenvalue weighted by Crippen LogP contribution is -2.60. The molecule has 0 aliphatic carbocycles. The molecule has 3 aliphatic heterocycles. The van der Waals surface area contributed by atoms with Crippen LogP contribution in [0.5, 0.6) is 0 Å². The number of para-hydroxylation sites is 1. The SMILES string of the molecule is CCCCOC(=O)C1CCCN1C(=O)C1CCCN1C(=O)C(NC(=O)C(CCC(N)=O)NC(=O)C1CCCN1C(=O)C(CCCN=C(N)N)NC(CC)C(=O)C(Cc1c[nH]c2ccccc12)NC(=O)OCc1ccccc1)C(C)CC. The number of alkyl carbamates (subject to hydrolysis) is 1. The number of carbonyl (C=O) groups is 9. The van der Waals surface area contributed by atoms with Crippen molar-refractivity contribution in [2.45, 2.75) is 179 Å². The summed E-state index contributed by atoms with van der Waals surface area (Å²) in [5, 5.41) is 12.6. The maximum absolute atomic E-state index is 14.9. The number of ether oxygens (including phenoxy) is 2. The van der Waals surface area contributed by atoms with Gasteiger partial charge in [-0.25, -0.2) is 9.59 Å². The van der Waals surface area contributed by atoms with Crippen LogP contribution in [0, 0.1) is 5.92 Å². The van der Waals surface area contributed by atoms with Gasteiger partial charge in [0, 0.05) is 56.1 Å². The zero-order valence-corrected chi connectivity index (χ0v) is 47.3. The van der Waals surface area contributed by atoms with Crippen LogP contribution in [0.25, 0.3) is 10.9 Å². The number of aliphatic imine (C=N–C) groups is 1. The largest absolute Gasteiger partial charge is 0.464 e. The fourth-order valence-corrected chi connectivity index (χ4v) is 10.9. The number of esters is 1. The summed E-state index contributed by atoms with van der Waals surface area (Å²) in [6.45, 7) is 8.52. The number of H-pyrrole nitrogens is 1. The highest BCUT2D eigenvalue weighted by Crippen LogP contribution is 2.28. The van der Waals surface area contributed by atoms with Crippen LogP contribution < -0.4 is 38.5 Å². The number of carbonyl (C=O) groups excluding carboxylic acids is 9. The van der Waals surface area contributed by atoms with E-state index in [9.17, 15) is 43.2 Å². The van der Waals surface area contributed by atoms with Crippen LogP contribution in [0.2, 0.25) is 0 Å². The third kappa shape index (κ3) is 17.2. The Hall–Kier alpha value is -7.56. The molecule has 0 radical (unpaired) electrons. The van der Waals surface area contributed by atoms with Gasteiger partial charge in [-0.05, 0) is 93.7 Å². The average molecular weight is 1130 g/mol. The van der Waals surface area contributed by atoms with Gasteiger partial charge >= 0.3 is 12.1 Å². The first-order chi connectivity index (χ1) is 38.9. The van der Waals surface area contributed by atoms with Gasteiger partial charge in [-0.2, -0.15) is 0 Å². The Balaban J connectivity index is 1.18. The number of amides is 7. The molecule has 442 valence electrons. The van der Waals surface area contributed by atoms with Crippen LogP contribution in [0.3, 0.4) is 0 Å². The molecular weight excluding hydrogens is 1040 g/mol. The lowest BCUT2D eigenvalue weighted by atomic mass is 9.95. The van der Waals surface area contributed by atoms with Crippen molar-refractivity contribution in [3.05, 3.63) is 71.9 Å². The zero-order chi connectivity index (χ0) is 58.6. The molecule has 3 saturated heterocycles. The molecule has 11 N–H and O–H groups in total. The van der Waals surface area contributed by atoms with Crippen molar-refractivity contribution >= 4 is 70.2 Å². The molecule has 3 aromatic rings. The third-order valence-corrected chi connectivity index (χ3v) is 15.6. The first kappa shape index (κ1) is 62.6. The van der Waals surface area contributed by atoms with Gasteiger partial charge in [0.25, 0.3) is 0 Å². The Morgan fingerprint density at radius 3 is 2.05 bits per heavy atom. The smallest absolute Gasteiger partial charge is 0.408 e. The minimum Gasteiger partial charge on any atom is -0.464 e. The molecule has 6 rings (SSSR count). The highest BCUT2D eigenvalue weighted by atomic mass is 16.5. The summed E-state index contributed by atoms with van der Waals surface area (Å²) in [4.78, 5) is 138. The fourth-order valence-electron chi connectivity index (χ4n) is 10.9. The summed E-state index contributed by atoms with van der Waals surface area (Å²) in [7, 11) is 0. The van der Waals surface area contributed by atoms with Crippen LogP contribution in [-0.2, 0) is 60.9 Å². The van der Waals surface area contributed by atoms with E-state index in [0.717, 1.165) is 28.5 Å². The summed E-state index contributed by atoms with van der Waals surface area (Å²) >= 11 is 0. The van der Waals surface area contributed by atoms with Gasteiger partial charge in [0.1, 0.15) is 36.8 Å². The Labute approximate surface area is 473 Å². The molecule has 2 aromatic carbocycles. The number of ketones is 1. The van der Waals surface area contributed by atoms with Gasteiger partial charge in [0.15, 0.2) is 11.7 Å². The predicted molar refractivity (Wildman–Crippen MR) is 303 cm³/mol. The minimum absolute atomic E-state index is 0.0362. The van der Waals surface area contributed by atoms with Crippen molar-refractivity contribution in [3.8, 4) is 0 Å². The number of Topliss-reactive ketones (excluding diaryl/α,β-unsaturated/α-hetero) is 1. The predicted octanol–water partition coefficient (Wildman–Crippen LogP) is 2.96. The van der Waals surface area contributed by atoms with Crippen molar-refractivity contribution in [1.29, 1.82) is 0 Å². The molecule has 0 spiro atoms. The Morgan fingerprint density at radius 1 is 0.704 bits per heavy atom. The van der Waals surface area contributed by atoms with Gasteiger partial charge in [-0.3, -0.25) is 43.9 Å². The van der Waals surface area contributed by atoms with E-state index < -0.39 is 102 Å². The standard InChI is InChI=1S/C58H84N12O11/c1-5-8-32-80-56(78)47-25-17-31-70(47)54(76)46-24-16-30-69(46)55(77)49(36(4)6-2)67-51(73)42(26-27-48(59)71)65-52(74)45-23-15-29-68(45)53(75)43(22-14-28-62-57(60)61)64-40(7-3)50(72)44(33-38-34-63-41-21-13-12-20-39(38)41)66-58(79)81-35-37-18-10-9-11-19-37/h9-13,18-21,34,36,40,42-47,49,63-64H,5-8,14-17,22-33,35H2,1-4H3,(H2,59,71)(H,65,74)(H,66,79)(H,67,73)(H4,60,61,62). The number of rotatable bonds is 30. The Bertz CT molecular complexity index is 2680. The number of unbranched alkanes of at least 4 members (excludes halogenated alkanes) is 1. The molecule has 9 atom stereocenters. The molecule has 23 heteroatoms. The van der Waals surface area contributed by atoms with Gasteiger partial charge in [0.05, 0.1) is 24.7 Å². The lowest BCUT2D eigenvalue weighted by Gasteiger charge is -2.35. The number of benzene rings is 2. The van der Waals surface area contributed by atoms with E-state index >= 15 is 0 Å². The van der Waals surface area contributed by atoms with Crippen molar-refractivity contribution in [2.24, 2.45) is 28.1 Å².